The molecule has 1 rings (SSSR count). The maximum absolute atomic E-state index is 5.15. The second-order valence-corrected chi connectivity index (χ2v) is 3.57. The summed E-state index contributed by atoms with van der Waals surface area (Å²) in [6.07, 6.45) is 2.94. The van der Waals surface area contributed by atoms with Crippen LogP contribution in [0.1, 0.15) is 13.3 Å². The Bertz CT molecular complexity index is 208. The SMILES string of the molecule is CCC1(/C=N/NC(=S)NC)COC1. The average Bonchev–Trinajstić information content (AvgIpc) is 2.09. The van der Waals surface area contributed by atoms with Gasteiger partial charge in [-0.1, -0.05) is 6.92 Å². The molecule has 13 heavy (non-hydrogen) atoms. The maximum Gasteiger partial charge on any atom is 0.186 e. The molecular formula is C8H15N3OS. The van der Waals surface area contributed by atoms with Crippen LogP contribution in [0.5, 0.6) is 0 Å². The minimum atomic E-state index is 0.135. The van der Waals surface area contributed by atoms with Crippen molar-refractivity contribution in [2.45, 2.75) is 13.3 Å². The molecule has 1 saturated heterocycles. The van der Waals surface area contributed by atoms with Crippen LogP contribution in [0.25, 0.3) is 0 Å². The van der Waals surface area contributed by atoms with E-state index in [0.717, 1.165) is 19.6 Å². The lowest BCUT2D eigenvalue weighted by Crippen LogP contribution is -2.44. The molecule has 0 spiro atoms. The van der Waals surface area contributed by atoms with Gasteiger partial charge in [0.25, 0.3) is 0 Å². The van der Waals surface area contributed by atoms with Gasteiger partial charge in [-0.05, 0) is 18.6 Å². The van der Waals surface area contributed by atoms with Crippen LogP contribution in [0.2, 0.25) is 0 Å². The van der Waals surface area contributed by atoms with Crippen LogP contribution in [0, 0.1) is 5.41 Å². The fourth-order valence-electron chi connectivity index (χ4n) is 1.02. The van der Waals surface area contributed by atoms with E-state index < -0.39 is 0 Å². The smallest absolute Gasteiger partial charge is 0.186 e. The van der Waals surface area contributed by atoms with Crippen molar-refractivity contribution in [2.75, 3.05) is 20.3 Å². The molecule has 1 aliphatic rings. The third kappa shape index (κ3) is 2.63. The largest absolute Gasteiger partial charge is 0.379 e. The van der Waals surface area contributed by atoms with Gasteiger partial charge >= 0.3 is 0 Å². The van der Waals surface area contributed by atoms with Gasteiger partial charge in [0.2, 0.25) is 0 Å². The molecule has 0 saturated carbocycles. The number of ether oxygens (including phenoxy) is 1. The molecule has 2 N–H and O–H groups in total. The number of nitrogens with zero attached hydrogens (tertiary/aromatic N) is 1. The van der Waals surface area contributed by atoms with Crippen molar-refractivity contribution in [1.29, 1.82) is 0 Å². The number of hydrogen-bond acceptors (Lipinski definition) is 3. The highest BCUT2D eigenvalue weighted by Gasteiger charge is 2.35. The summed E-state index contributed by atoms with van der Waals surface area (Å²) in [4.78, 5) is 0. The lowest BCUT2D eigenvalue weighted by atomic mass is 9.85. The fraction of sp³-hybridized carbons (Fsp3) is 0.750. The summed E-state index contributed by atoms with van der Waals surface area (Å²) in [5, 5.41) is 7.36. The molecule has 4 nitrogen and oxygen atoms in total. The average molecular weight is 201 g/mol. The van der Waals surface area contributed by atoms with Crippen molar-refractivity contribution in [3.63, 3.8) is 0 Å². The predicted molar refractivity (Wildman–Crippen MR) is 56.8 cm³/mol. The number of rotatable bonds is 3. The first-order chi connectivity index (χ1) is 6.22. The Morgan fingerprint density at radius 3 is 2.77 bits per heavy atom. The summed E-state index contributed by atoms with van der Waals surface area (Å²) in [5.74, 6) is 0. The van der Waals surface area contributed by atoms with E-state index in [0.29, 0.717) is 5.11 Å². The van der Waals surface area contributed by atoms with E-state index in [1.54, 1.807) is 7.05 Å². The van der Waals surface area contributed by atoms with Crippen LogP contribution < -0.4 is 10.7 Å². The Kier molecular flexibility index (Phi) is 3.62. The number of hydrogen-bond donors (Lipinski definition) is 2. The van der Waals surface area contributed by atoms with E-state index in [9.17, 15) is 0 Å². The van der Waals surface area contributed by atoms with Gasteiger partial charge in [-0.25, -0.2) is 0 Å². The van der Waals surface area contributed by atoms with E-state index in [4.69, 9.17) is 17.0 Å². The summed E-state index contributed by atoms with van der Waals surface area (Å²) in [6.45, 7) is 3.66. The topological polar surface area (TPSA) is 45.7 Å². The van der Waals surface area contributed by atoms with Crippen molar-refractivity contribution in [2.24, 2.45) is 10.5 Å². The summed E-state index contributed by atoms with van der Waals surface area (Å²) < 4.78 is 5.15. The van der Waals surface area contributed by atoms with E-state index in [1.165, 1.54) is 0 Å². The van der Waals surface area contributed by atoms with Crippen LogP contribution in [-0.2, 0) is 4.74 Å². The molecule has 0 aromatic rings. The van der Waals surface area contributed by atoms with Gasteiger partial charge in [0.05, 0.1) is 18.6 Å². The van der Waals surface area contributed by atoms with Crippen molar-refractivity contribution in [1.82, 2.24) is 10.7 Å². The molecule has 0 aliphatic carbocycles. The molecule has 0 amide bonds. The van der Waals surface area contributed by atoms with E-state index >= 15 is 0 Å². The van der Waals surface area contributed by atoms with Gasteiger partial charge in [-0.3, -0.25) is 5.43 Å². The lowest BCUT2D eigenvalue weighted by molar-refractivity contribution is -0.0680. The number of hydrazone groups is 1. The van der Waals surface area contributed by atoms with Crippen LogP contribution in [0.15, 0.2) is 5.10 Å². The van der Waals surface area contributed by atoms with Gasteiger partial charge in [0, 0.05) is 13.3 Å². The Morgan fingerprint density at radius 2 is 2.38 bits per heavy atom. The second kappa shape index (κ2) is 4.53. The Hall–Kier alpha value is -0.680. The predicted octanol–water partition coefficient (Wildman–Crippen LogP) is 0.493. The molecule has 0 radical (unpaired) electrons. The normalized spacial score (nSPS) is 19.5. The summed E-state index contributed by atoms with van der Waals surface area (Å²) >= 11 is 4.87. The lowest BCUT2D eigenvalue weighted by Gasteiger charge is -2.36. The van der Waals surface area contributed by atoms with E-state index in [-0.39, 0.29) is 5.41 Å². The van der Waals surface area contributed by atoms with E-state index in [1.807, 2.05) is 6.21 Å². The minimum absolute atomic E-state index is 0.135. The van der Waals surface area contributed by atoms with Gasteiger partial charge in [-0.2, -0.15) is 5.10 Å². The monoisotopic (exact) mass is 201 g/mol. The first-order valence-corrected chi connectivity index (χ1v) is 4.73. The third-order valence-electron chi connectivity index (χ3n) is 2.21. The first kappa shape index (κ1) is 10.4. The van der Waals surface area contributed by atoms with Crippen LogP contribution in [0.3, 0.4) is 0 Å². The van der Waals surface area contributed by atoms with E-state index in [2.05, 4.69) is 22.8 Å². The molecule has 0 bridgehead atoms. The highest BCUT2D eigenvalue weighted by atomic mass is 32.1. The number of thiocarbonyl (C=S) groups is 1. The van der Waals surface area contributed by atoms with Crippen LogP contribution >= 0.6 is 12.2 Å². The Morgan fingerprint density at radius 1 is 1.69 bits per heavy atom. The van der Waals surface area contributed by atoms with Crippen LogP contribution in [0.4, 0.5) is 0 Å². The van der Waals surface area contributed by atoms with Gasteiger partial charge in [0.15, 0.2) is 5.11 Å². The summed E-state index contributed by atoms with van der Waals surface area (Å²) in [6, 6.07) is 0. The quantitative estimate of drug-likeness (QED) is 0.396. The second-order valence-electron chi connectivity index (χ2n) is 3.16. The molecule has 1 aliphatic heterocycles. The van der Waals surface area contributed by atoms with Crippen LogP contribution in [-0.4, -0.2) is 31.6 Å². The first-order valence-electron chi connectivity index (χ1n) is 4.32. The fourth-order valence-corrected chi connectivity index (χ4v) is 1.07. The molecule has 1 heterocycles. The van der Waals surface area contributed by atoms with Crippen molar-refractivity contribution in [3.05, 3.63) is 0 Å². The zero-order chi connectivity index (χ0) is 9.73. The summed E-state index contributed by atoms with van der Waals surface area (Å²) in [7, 11) is 1.76. The van der Waals surface area contributed by atoms with Crippen molar-refractivity contribution >= 4 is 23.5 Å². The van der Waals surface area contributed by atoms with Gasteiger partial charge in [0.1, 0.15) is 0 Å². The van der Waals surface area contributed by atoms with Gasteiger partial charge in [-0.15, -0.1) is 0 Å². The van der Waals surface area contributed by atoms with Gasteiger partial charge < -0.3 is 10.1 Å². The third-order valence-corrected chi connectivity index (χ3v) is 2.51. The highest BCUT2D eigenvalue weighted by Crippen LogP contribution is 2.28. The molecule has 5 heteroatoms. The van der Waals surface area contributed by atoms with Crippen molar-refractivity contribution < 1.29 is 4.74 Å². The molecule has 0 unspecified atom stereocenters. The van der Waals surface area contributed by atoms with Crippen molar-refractivity contribution in [3.8, 4) is 0 Å². The zero-order valence-corrected chi connectivity index (χ0v) is 8.78. The maximum atomic E-state index is 5.15. The molecule has 0 aromatic carbocycles. The highest BCUT2D eigenvalue weighted by molar-refractivity contribution is 7.80. The molecule has 0 aromatic heterocycles. The Labute approximate surface area is 83.7 Å². The zero-order valence-electron chi connectivity index (χ0n) is 7.96. The molecule has 74 valence electrons. The Balaban J connectivity index is 2.33. The minimum Gasteiger partial charge on any atom is -0.379 e. The molecule has 0 atom stereocenters. The standard InChI is InChI=1S/C8H15N3OS/c1-3-8(5-12-6-8)4-10-11-7(13)9-2/h4H,3,5-6H2,1-2H3,(H2,9,11,13)/b10-4+. The molecule has 1 fully saturated rings. The summed E-state index contributed by atoms with van der Waals surface area (Å²) in [5.41, 5.74) is 2.86. The number of nitrogens with one attached hydrogen (secondary N) is 2. The molecular weight excluding hydrogens is 186 g/mol.